The summed E-state index contributed by atoms with van der Waals surface area (Å²) >= 11 is 6.05. The van der Waals surface area contributed by atoms with Crippen LogP contribution in [0.3, 0.4) is 0 Å². The summed E-state index contributed by atoms with van der Waals surface area (Å²) in [7, 11) is -3.47. The SMILES string of the molecule is O=S(=O)(c1ccccc1Cl)N1CCN2CCCCC2C1. The van der Waals surface area contributed by atoms with E-state index >= 15 is 0 Å². The first-order valence-electron chi connectivity index (χ1n) is 7.08. The fourth-order valence-electron chi connectivity index (χ4n) is 3.14. The van der Waals surface area contributed by atoms with Crippen LogP contribution in [0, 0.1) is 0 Å². The molecule has 0 bridgehead atoms. The minimum Gasteiger partial charge on any atom is -0.298 e. The van der Waals surface area contributed by atoms with Crippen molar-refractivity contribution in [3.05, 3.63) is 29.3 Å². The molecule has 1 atom stereocenters. The lowest BCUT2D eigenvalue weighted by Crippen LogP contribution is -2.56. The number of hydrogen-bond acceptors (Lipinski definition) is 3. The maximum absolute atomic E-state index is 12.7. The molecule has 6 heteroatoms. The maximum atomic E-state index is 12.7. The standard InChI is InChI=1S/C14H19ClN2O2S/c15-13-6-1-2-7-14(13)20(18,19)17-10-9-16-8-4-3-5-12(16)11-17/h1-2,6-7,12H,3-5,8-11H2. The number of nitrogens with zero attached hydrogens (tertiary/aromatic N) is 2. The molecule has 2 heterocycles. The highest BCUT2D eigenvalue weighted by atomic mass is 35.5. The molecule has 0 spiro atoms. The lowest BCUT2D eigenvalue weighted by molar-refractivity contribution is 0.0852. The van der Waals surface area contributed by atoms with Crippen molar-refractivity contribution in [1.82, 2.24) is 9.21 Å². The van der Waals surface area contributed by atoms with Crippen LogP contribution in [-0.2, 0) is 10.0 Å². The number of benzene rings is 1. The zero-order valence-electron chi connectivity index (χ0n) is 11.3. The number of hydrogen-bond donors (Lipinski definition) is 0. The average Bonchev–Trinajstić information content (AvgIpc) is 2.47. The Bertz CT molecular complexity index is 591. The Morgan fingerprint density at radius 1 is 1.10 bits per heavy atom. The molecule has 2 fully saturated rings. The molecular weight excluding hydrogens is 296 g/mol. The molecule has 0 saturated carbocycles. The maximum Gasteiger partial charge on any atom is 0.244 e. The summed E-state index contributed by atoms with van der Waals surface area (Å²) in [4.78, 5) is 2.65. The molecular formula is C14H19ClN2O2S. The van der Waals surface area contributed by atoms with Crippen LogP contribution in [0.1, 0.15) is 19.3 Å². The number of rotatable bonds is 2. The van der Waals surface area contributed by atoms with Crippen molar-refractivity contribution in [3.8, 4) is 0 Å². The van der Waals surface area contributed by atoms with Gasteiger partial charge < -0.3 is 0 Å². The van der Waals surface area contributed by atoms with Crippen LogP contribution in [0.15, 0.2) is 29.2 Å². The molecule has 0 aliphatic carbocycles. The van der Waals surface area contributed by atoms with Gasteiger partial charge in [-0.25, -0.2) is 8.42 Å². The lowest BCUT2D eigenvalue weighted by atomic mass is 10.0. The molecule has 1 aromatic carbocycles. The van der Waals surface area contributed by atoms with Gasteiger partial charge in [0.1, 0.15) is 4.90 Å². The summed E-state index contributed by atoms with van der Waals surface area (Å²) in [6.45, 7) is 3.08. The average molecular weight is 315 g/mol. The molecule has 3 rings (SSSR count). The van der Waals surface area contributed by atoms with Gasteiger partial charge in [-0.3, -0.25) is 4.90 Å². The Balaban J connectivity index is 1.84. The van der Waals surface area contributed by atoms with E-state index < -0.39 is 10.0 Å². The van der Waals surface area contributed by atoms with Crippen molar-refractivity contribution in [3.63, 3.8) is 0 Å². The topological polar surface area (TPSA) is 40.6 Å². The van der Waals surface area contributed by atoms with Gasteiger partial charge in [0.15, 0.2) is 0 Å². The third-order valence-corrected chi connectivity index (χ3v) is 6.62. The van der Waals surface area contributed by atoms with E-state index in [4.69, 9.17) is 11.6 Å². The summed E-state index contributed by atoms with van der Waals surface area (Å²) < 4.78 is 27.0. The first kappa shape index (κ1) is 14.3. The van der Waals surface area contributed by atoms with E-state index in [1.165, 1.54) is 12.8 Å². The Hall–Kier alpha value is -0.620. The molecule has 1 aromatic rings. The summed E-state index contributed by atoms with van der Waals surface area (Å²) in [5, 5.41) is 0.304. The molecule has 0 amide bonds. The zero-order valence-corrected chi connectivity index (χ0v) is 12.9. The van der Waals surface area contributed by atoms with E-state index in [9.17, 15) is 8.42 Å². The third kappa shape index (κ3) is 2.60. The van der Waals surface area contributed by atoms with Gasteiger partial charge in [-0.05, 0) is 31.5 Å². The second-order valence-electron chi connectivity index (χ2n) is 5.48. The molecule has 1 unspecified atom stereocenters. The van der Waals surface area contributed by atoms with Crippen LogP contribution < -0.4 is 0 Å². The van der Waals surface area contributed by atoms with Crippen molar-refractivity contribution in [2.24, 2.45) is 0 Å². The fraction of sp³-hybridized carbons (Fsp3) is 0.571. The number of piperidine rings is 1. The highest BCUT2D eigenvalue weighted by molar-refractivity contribution is 7.89. The Morgan fingerprint density at radius 2 is 1.90 bits per heavy atom. The molecule has 2 saturated heterocycles. The van der Waals surface area contributed by atoms with Crippen LogP contribution in [0.25, 0.3) is 0 Å². The van der Waals surface area contributed by atoms with Gasteiger partial charge in [0.2, 0.25) is 10.0 Å². The second kappa shape index (κ2) is 5.64. The summed E-state index contributed by atoms with van der Waals surface area (Å²) in [5.41, 5.74) is 0. The van der Waals surface area contributed by atoms with Crippen LogP contribution >= 0.6 is 11.6 Å². The fourth-order valence-corrected chi connectivity index (χ4v) is 5.10. The molecule has 2 aliphatic rings. The van der Waals surface area contributed by atoms with E-state index in [-0.39, 0.29) is 4.90 Å². The predicted octanol–water partition coefficient (Wildman–Crippen LogP) is 2.20. The predicted molar refractivity (Wildman–Crippen MR) is 79.4 cm³/mol. The molecule has 0 aromatic heterocycles. The summed E-state index contributed by atoms with van der Waals surface area (Å²) in [5.74, 6) is 0. The highest BCUT2D eigenvalue weighted by Gasteiger charge is 2.35. The summed E-state index contributed by atoms with van der Waals surface area (Å²) in [6, 6.07) is 7.06. The minimum atomic E-state index is -3.47. The van der Waals surface area contributed by atoms with Crippen LogP contribution in [0.5, 0.6) is 0 Å². The quantitative estimate of drug-likeness (QED) is 0.840. The van der Waals surface area contributed by atoms with Gasteiger partial charge in [-0.15, -0.1) is 0 Å². The molecule has 20 heavy (non-hydrogen) atoms. The molecule has 0 N–H and O–H groups in total. The third-order valence-electron chi connectivity index (χ3n) is 4.25. The first-order valence-corrected chi connectivity index (χ1v) is 8.89. The molecule has 2 aliphatic heterocycles. The normalized spacial score (nSPS) is 25.4. The van der Waals surface area contributed by atoms with Crippen LogP contribution in [0.2, 0.25) is 5.02 Å². The zero-order chi connectivity index (χ0) is 14.2. The lowest BCUT2D eigenvalue weighted by Gasteiger charge is -2.43. The smallest absolute Gasteiger partial charge is 0.244 e. The number of halogens is 1. The molecule has 110 valence electrons. The van der Waals surface area contributed by atoms with Crippen molar-refractivity contribution in [1.29, 1.82) is 0 Å². The van der Waals surface area contributed by atoms with Crippen molar-refractivity contribution < 1.29 is 8.42 Å². The van der Waals surface area contributed by atoms with Gasteiger partial charge >= 0.3 is 0 Å². The van der Waals surface area contributed by atoms with Crippen molar-refractivity contribution in [2.45, 2.75) is 30.2 Å². The Labute approximate surface area is 125 Å². The Morgan fingerprint density at radius 3 is 2.70 bits per heavy atom. The van der Waals surface area contributed by atoms with E-state index in [0.717, 1.165) is 19.5 Å². The van der Waals surface area contributed by atoms with E-state index in [2.05, 4.69) is 4.90 Å². The van der Waals surface area contributed by atoms with Gasteiger partial charge in [-0.1, -0.05) is 30.2 Å². The van der Waals surface area contributed by atoms with Gasteiger partial charge in [0.25, 0.3) is 0 Å². The first-order chi connectivity index (χ1) is 9.59. The number of piperazine rings is 1. The van der Waals surface area contributed by atoms with Crippen molar-refractivity contribution >= 4 is 21.6 Å². The van der Waals surface area contributed by atoms with Gasteiger partial charge in [-0.2, -0.15) is 4.31 Å². The second-order valence-corrected chi connectivity index (χ2v) is 7.79. The van der Waals surface area contributed by atoms with Gasteiger partial charge in [0, 0.05) is 25.7 Å². The number of sulfonamides is 1. The minimum absolute atomic E-state index is 0.228. The van der Waals surface area contributed by atoms with E-state index in [1.54, 1.807) is 28.6 Å². The van der Waals surface area contributed by atoms with Crippen LogP contribution in [0.4, 0.5) is 0 Å². The monoisotopic (exact) mass is 314 g/mol. The van der Waals surface area contributed by atoms with E-state index in [0.29, 0.717) is 24.2 Å². The van der Waals surface area contributed by atoms with Crippen molar-refractivity contribution in [2.75, 3.05) is 26.2 Å². The summed E-state index contributed by atoms with van der Waals surface area (Å²) in [6.07, 6.45) is 3.52. The highest BCUT2D eigenvalue weighted by Crippen LogP contribution is 2.28. The van der Waals surface area contributed by atoms with Gasteiger partial charge in [0.05, 0.1) is 5.02 Å². The molecule has 0 radical (unpaired) electrons. The Kier molecular flexibility index (Phi) is 4.04. The largest absolute Gasteiger partial charge is 0.298 e. The molecule has 4 nitrogen and oxygen atoms in total. The number of fused-ring (bicyclic) bond motifs is 1. The van der Waals surface area contributed by atoms with E-state index in [1.807, 2.05) is 0 Å². The van der Waals surface area contributed by atoms with Crippen LogP contribution in [-0.4, -0.2) is 49.8 Å².